The Balaban J connectivity index is 1.37. The third-order valence-corrected chi connectivity index (χ3v) is 6.25. The fraction of sp³-hybridized carbons (Fsp3) is 0.364. The van der Waals surface area contributed by atoms with Gasteiger partial charge in [-0.2, -0.15) is 0 Å². The molecule has 1 aromatic carbocycles. The molecule has 4 rings (SSSR count). The van der Waals surface area contributed by atoms with Crippen molar-refractivity contribution in [2.24, 2.45) is 5.92 Å². The molecule has 1 aliphatic heterocycles. The molecule has 5 heteroatoms. The lowest BCUT2D eigenvalue weighted by Gasteiger charge is -2.32. The van der Waals surface area contributed by atoms with Crippen LogP contribution in [0.1, 0.15) is 38.2 Å². The first-order chi connectivity index (χ1) is 13.1. The summed E-state index contributed by atoms with van der Waals surface area (Å²) in [5, 5.41) is 6.42. The number of hydrogen-bond acceptors (Lipinski definition) is 4. The maximum absolute atomic E-state index is 12.7. The van der Waals surface area contributed by atoms with Gasteiger partial charge in [0.2, 0.25) is 5.91 Å². The van der Waals surface area contributed by atoms with Gasteiger partial charge in [0.1, 0.15) is 5.82 Å². The zero-order valence-corrected chi connectivity index (χ0v) is 16.6. The molecular formula is C22H25N3OS. The van der Waals surface area contributed by atoms with Crippen molar-refractivity contribution in [1.29, 1.82) is 0 Å². The van der Waals surface area contributed by atoms with E-state index in [1.165, 1.54) is 15.6 Å². The van der Waals surface area contributed by atoms with Crippen molar-refractivity contribution in [1.82, 2.24) is 4.98 Å². The highest BCUT2D eigenvalue weighted by Gasteiger charge is 2.26. The molecule has 27 heavy (non-hydrogen) atoms. The van der Waals surface area contributed by atoms with E-state index in [0.717, 1.165) is 37.4 Å². The summed E-state index contributed by atoms with van der Waals surface area (Å²) in [6.07, 6.45) is 3.60. The Bertz CT molecular complexity index is 924. The van der Waals surface area contributed by atoms with Crippen molar-refractivity contribution >= 4 is 38.8 Å². The van der Waals surface area contributed by atoms with E-state index in [-0.39, 0.29) is 11.8 Å². The molecule has 0 aliphatic carbocycles. The summed E-state index contributed by atoms with van der Waals surface area (Å²) in [4.78, 5) is 19.6. The molecule has 140 valence electrons. The van der Waals surface area contributed by atoms with E-state index in [0.29, 0.717) is 5.92 Å². The fourth-order valence-electron chi connectivity index (χ4n) is 3.68. The van der Waals surface area contributed by atoms with Gasteiger partial charge in [0.25, 0.3) is 0 Å². The van der Waals surface area contributed by atoms with Gasteiger partial charge in [-0.05, 0) is 54.0 Å². The van der Waals surface area contributed by atoms with E-state index < -0.39 is 0 Å². The second-order valence-corrected chi connectivity index (χ2v) is 8.44. The van der Waals surface area contributed by atoms with E-state index >= 15 is 0 Å². The third-order valence-electron chi connectivity index (χ3n) is 5.37. The van der Waals surface area contributed by atoms with Crippen LogP contribution in [0.3, 0.4) is 0 Å². The number of nitrogens with zero attached hydrogens (tertiary/aromatic N) is 2. The van der Waals surface area contributed by atoms with E-state index in [2.05, 4.69) is 58.7 Å². The lowest BCUT2D eigenvalue weighted by atomic mass is 9.95. The van der Waals surface area contributed by atoms with E-state index in [4.69, 9.17) is 0 Å². The molecule has 1 N–H and O–H groups in total. The molecule has 0 radical (unpaired) electrons. The molecule has 2 aromatic heterocycles. The summed E-state index contributed by atoms with van der Waals surface area (Å²) >= 11 is 1.74. The second-order valence-electron chi connectivity index (χ2n) is 7.49. The number of aromatic nitrogens is 1. The van der Waals surface area contributed by atoms with Crippen LogP contribution in [0.2, 0.25) is 0 Å². The minimum atomic E-state index is 0.0627. The normalized spacial score (nSPS) is 15.4. The molecule has 1 amide bonds. The van der Waals surface area contributed by atoms with Gasteiger partial charge in [-0.25, -0.2) is 4.98 Å². The third kappa shape index (κ3) is 3.83. The Labute approximate surface area is 164 Å². The molecule has 1 aliphatic rings. The van der Waals surface area contributed by atoms with Crippen molar-refractivity contribution < 1.29 is 4.79 Å². The fourth-order valence-corrected chi connectivity index (χ4v) is 4.46. The number of carbonyl (C=O) groups excluding carboxylic acids is 1. The number of rotatable bonds is 4. The Kier molecular flexibility index (Phi) is 5.12. The largest absolute Gasteiger partial charge is 0.356 e. The molecule has 3 heterocycles. The SMILES string of the molecule is CC(C)c1ccc(NC(=O)C2CCN(c3nccc4sccc34)CC2)cc1. The minimum Gasteiger partial charge on any atom is -0.356 e. The Morgan fingerprint density at radius 3 is 2.59 bits per heavy atom. The highest BCUT2D eigenvalue weighted by Crippen LogP contribution is 2.31. The standard InChI is InChI=1S/C22H25N3OS/c1-15(2)16-3-5-18(6-4-16)24-22(26)17-8-12-25(13-9-17)21-19-10-14-27-20(19)7-11-23-21/h3-7,10-11,14-15,17H,8-9,12-13H2,1-2H3,(H,24,26). The summed E-state index contributed by atoms with van der Waals surface area (Å²) in [6, 6.07) is 12.4. The van der Waals surface area contributed by atoms with Crippen LogP contribution in [0.25, 0.3) is 10.1 Å². The smallest absolute Gasteiger partial charge is 0.227 e. The van der Waals surface area contributed by atoms with E-state index in [9.17, 15) is 4.79 Å². The lowest BCUT2D eigenvalue weighted by molar-refractivity contribution is -0.120. The molecular weight excluding hydrogens is 354 g/mol. The lowest BCUT2D eigenvalue weighted by Crippen LogP contribution is -2.38. The number of anilines is 2. The van der Waals surface area contributed by atoms with Crippen LogP contribution in [-0.2, 0) is 4.79 Å². The van der Waals surface area contributed by atoms with Crippen molar-refractivity contribution in [3.63, 3.8) is 0 Å². The molecule has 0 atom stereocenters. The summed E-state index contributed by atoms with van der Waals surface area (Å²) < 4.78 is 1.27. The second kappa shape index (κ2) is 7.69. The molecule has 3 aromatic rings. The monoisotopic (exact) mass is 379 g/mol. The number of amides is 1. The zero-order chi connectivity index (χ0) is 18.8. The van der Waals surface area contributed by atoms with Gasteiger partial charge in [-0.1, -0.05) is 26.0 Å². The number of nitrogens with one attached hydrogen (secondary N) is 1. The topological polar surface area (TPSA) is 45.2 Å². The van der Waals surface area contributed by atoms with Crippen molar-refractivity contribution in [3.05, 3.63) is 53.5 Å². The van der Waals surface area contributed by atoms with Crippen LogP contribution in [0, 0.1) is 5.92 Å². The number of carbonyl (C=O) groups is 1. The quantitative estimate of drug-likeness (QED) is 0.671. The van der Waals surface area contributed by atoms with Gasteiger partial charge < -0.3 is 10.2 Å². The van der Waals surface area contributed by atoms with Crippen LogP contribution in [0.4, 0.5) is 11.5 Å². The molecule has 4 nitrogen and oxygen atoms in total. The first-order valence-corrected chi connectivity index (χ1v) is 10.5. The predicted molar refractivity (Wildman–Crippen MR) is 114 cm³/mol. The Hall–Kier alpha value is -2.40. The molecule has 0 unspecified atom stereocenters. The average molecular weight is 380 g/mol. The number of benzene rings is 1. The number of piperidine rings is 1. The van der Waals surface area contributed by atoms with Crippen LogP contribution >= 0.6 is 11.3 Å². The van der Waals surface area contributed by atoms with Gasteiger partial charge in [0.05, 0.1) is 0 Å². The number of pyridine rings is 1. The molecule has 1 fully saturated rings. The highest BCUT2D eigenvalue weighted by molar-refractivity contribution is 7.17. The van der Waals surface area contributed by atoms with Crippen LogP contribution in [-0.4, -0.2) is 24.0 Å². The summed E-state index contributed by atoms with van der Waals surface area (Å²) in [5.74, 6) is 1.75. The van der Waals surface area contributed by atoms with Crippen LogP contribution < -0.4 is 10.2 Å². The molecule has 0 saturated carbocycles. The van der Waals surface area contributed by atoms with Gasteiger partial charge in [0, 0.05) is 41.0 Å². The Morgan fingerprint density at radius 2 is 1.89 bits per heavy atom. The van der Waals surface area contributed by atoms with Crippen LogP contribution in [0.15, 0.2) is 48.0 Å². The first-order valence-electron chi connectivity index (χ1n) is 9.60. The molecule has 0 bridgehead atoms. The van der Waals surface area contributed by atoms with Crippen molar-refractivity contribution in [2.75, 3.05) is 23.3 Å². The maximum atomic E-state index is 12.7. The van der Waals surface area contributed by atoms with Crippen molar-refractivity contribution in [2.45, 2.75) is 32.6 Å². The maximum Gasteiger partial charge on any atom is 0.227 e. The number of fused-ring (bicyclic) bond motifs is 1. The van der Waals surface area contributed by atoms with E-state index in [1.807, 2.05) is 18.3 Å². The Morgan fingerprint density at radius 1 is 1.15 bits per heavy atom. The number of thiophene rings is 1. The molecule has 1 saturated heterocycles. The van der Waals surface area contributed by atoms with Gasteiger partial charge in [-0.15, -0.1) is 11.3 Å². The van der Waals surface area contributed by atoms with Gasteiger partial charge >= 0.3 is 0 Å². The van der Waals surface area contributed by atoms with Gasteiger partial charge in [0.15, 0.2) is 0 Å². The summed E-state index contributed by atoms with van der Waals surface area (Å²) in [5.41, 5.74) is 2.17. The molecule has 0 spiro atoms. The zero-order valence-electron chi connectivity index (χ0n) is 15.8. The first kappa shape index (κ1) is 18.0. The average Bonchev–Trinajstić information content (AvgIpc) is 3.17. The predicted octanol–water partition coefficient (Wildman–Crippen LogP) is 5.27. The summed E-state index contributed by atoms with van der Waals surface area (Å²) in [6.45, 7) is 6.08. The van der Waals surface area contributed by atoms with Gasteiger partial charge in [-0.3, -0.25) is 4.79 Å². The minimum absolute atomic E-state index is 0.0627. The van der Waals surface area contributed by atoms with Crippen LogP contribution in [0.5, 0.6) is 0 Å². The van der Waals surface area contributed by atoms with E-state index in [1.54, 1.807) is 11.3 Å². The highest BCUT2D eigenvalue weighted by atomic mass is 32.1. The van der Waals surface area contributed by atoms with Crippen molar-refractivity contribution in [3.8, 4) is 0 Å². The summed E-state index contributed by atoms with van der Waals surface area (Å²) in [7, 11) is 0. The number of hydrogen-bond donors (Lipinski definition) is 1.